The largest absolute Gasteiger partial charge is 0.493 e. The Balaban J connectivity index is 2.06. The Morgan fingerprint density at radius 2 is 1.95 bits per heavy atom. The fourth-order valence-corrected chi connectivity index (χ4v) is 2.04. The fraction of sp³-hybridized carbons (Fsp3) is 0.250. The summed E-state index contributed by atoms with van der Waals surface area (Å²) >= 11 is 0. The maximum absolute atomic E-state index is 13.0. The van der Waals surface area contributed by atoms with Crippen molar-refractivity contribution in [2.75, 3.05) is 13.2 Å². The summed E-state index contributed by atoms with van der Waals surface area (Å²) in [5.74, 6) is 0.0467. The molecule has 1 atom stereocenters. The van der Waals surface area contributed by atoms with Crippen LogP contribution >= 0.6 is 0 Å². The number of ether oxygens (including phenoxy) is 1. The summed E-state index contributed by atoms with van der Waals surface area (Å²) in [5, 5.41) is 9.48. The second-order valence-corrected chi connectivity index (χ2v) is 4.50. The van der Waals surface area contributed by atoms with Crippen molar-refractivity contribution in [1.82, 2.24) is 0 Å². The van der Waals surface area contributed by atoms with E-state index in [0.29, 0.717) is 12.4 Å². The van der Waals surface area contributed by atoms with Crippen LogP contribution in [0.4, 0.5) is 4.39 Å². The molecule has 19 heavy (non-hydrogen) atoms. The van der Waals surface area contributed by atoms with Gasteiger partial charge >= 0.3 is 0 Å². The average Bonchev–Trinajstić information content (AvgIpc) is 2.41. The second kappa shape index (κ2) is 6.34. The van der Waals surface area contributed by atoms with E-state index in [4.69, 9.17) is 4.74 Å². The van der Waals surface area contributed by atoms with Crippen molar-refractivity contribution >= 4 is 0 Å². The molecule has 1 N–H and O–H groups in total. The summed E-state index contributed by atoms with van der Waals surface area (Å²) in [6.45, 7) is 2.32. The van der Waals surface area contributed by atoms with Crippen LogP contribution in [-0.2, 0) is 0 Å². The zero-order valence-electron chi connectivity index (χ0n) is 10.8. The van der Waals surface area contributed by atoms with Gasteiger partial charge < -0.3 is 9.84 Å². The molecule has 0 heterocycles. The lowest BCUT2D eigenvalue weighted by atomic mass is 9.96. The van der Waals surface area contributed by atoms with E-state index < -0.39 is 0 Å². The van der Waals surface area contributed by atoms with Gasteiger partial charge in [0.15, 0.2) is 0 Å². The normalized spacial score (nSPS) is 12.2. The zero-order chi connectivity index (χ0) is 13.7. The highest BCUT2D eigenvalue weighted by molar-refractivity contribution is 5.30. The maximum Gasteiger partial charge on any atom is 0.126 e. The molecule has 0 bridgehead atoms. The molecule has 0 radical (unpaired) electrons. The lowest BCUT2D eigenvalue weighted by Crippen LogP contribution is -2.15. The minimum atomic E-state index is -0.325. The third kappa shape index (κ3) is 3.55. The molecule has 100 valence electrons. The molecule has 1 unspecified atom stereocenters. The first-order valence-electron chi connectivity index (χ1n) is 6.25. The highest BCUT2D eigenvalue weighted by atomic mass is 19.1. The molecule has 0 spiro atoms. The molecule has 2 rings (SSSR count). The predicted molar refractivity (Wildman–Crippen MR) is 72.9 cm³/mol. The van der Waals surface area contributed by atoms with Crippen LogP contribution in [0.15, 0.2) is 48.5 Å². The molecule has 2 aromatic rings. The summed E-state index contributed by atoms with van der Waals surface area (Å²) in [7, 11) is 0. The second-order valence-electron chi connectivity index (χ2n) is 4.50. The molecular weight excluding hydrogens is 243 g/mol. The minimum Gasteiger partial charge on any atom is -0.493 e. The molecule has 0 aliphatic carbocycles. The van der Waals surface area contributed by atoms with Crippen molar-refractivity contribution < 1.29 is 14.2 Å². The third-order valence-corrected chi connectivity index (χ3v) is 3.10. The Kier molecular flexibility index (Phi) is 4.53. The Bertz CT molecular complexity index is 540. The van der Waals surface area contributed by atoms with Crippen LogP contribution in [0.5, 0.6) is 5.75 Å². The van der Waals surface area contributed by atoms with E-state index in [1.807, 2.05) is 31.2 Å². The molecule has 0 saturated carbocycles. The molecular formula is C16H17FO2. The zero-order valence-corrected chi connectivity index (χ0v) is 10.8. The molecule has 0 saturated heterocycles. The molecule has 3 heteroatoms. The van der Waals surface area contributed by atoms with Crippen LogP contribution in [0, 0.1) is 12.7 Å². The minimum absolute atomic E-state index is 0.000168. The van der Waals surface area contributed by atoms with Crippen molar-refractivity contribution in [3.05, 3.63) is 65.5 Å². The van der Waals surface area contributed by atoms with E-state index in [0.717, 1.165) is 11.1 Å². The number of aliphatic hydroxyl groups excluding tert-OH is 1. The van der Waals surface area contributed by atoms with Gasteiger partial charge in [0.05, 0.1) is 13.2 Å². The molecule has 0 amide bonds. The maximum atomic E-state index is 13.0. The van der Waals surface area contributed by atoms with Crippen LogP contribution in [0.25, 0.3) is 0 Å². The lowest BCUT2D eigenvalue weighted by molar-refractivity contribution is 0.204. The molecule has 0 fully saturated rings. The van der Waals surface area contributed by atoms with Crippen LogP contribution in [0.3, 0.4) is 0 Å². The Hall–Kier alpha value is -1.87. The number of rotatable bonds is 5. The van der Waals surface area contributed by atoms with Gasteiger partial charge in [-0.05, 0) is 30.2 Å². The van der Waals surface area contributed by atoms with E-state index in [2.05, 4.69) is 0 Å². The van der Waals surface area contributed by atoms with Gasteiger partial charge in [0.1, 0.15) is 11.6 Å². The summed E-state index contributed by atoms with van der Waals surface area (Å²) in [6.07, 6.45) is 0. The van der Waals surface area contributed by atoms with Gasteiger partial charge in [0, 0.05) is 12.0 Å². The summed E-state index contributed by atoms with van der Waals surface area (Å²) in [4.78, 5) is 0. The molecule has 0 aromatic heterocycles. The van der Waals surface area contributed by atoms with E-state index in [1.165, 1.54) is 12.1 Å². The van der Waals surface area contributed by atoms with E-state index >= 15 is 0 Å². The number of aliphatic hydroxyl groups is 1. The van der Waals surface area contributed by atoms with Crippen LogP contribution in [0.1, 0.15) is 17.0 Å². The van der Waals surface area contributed by atoms with Crippen LogP contribution < -0.4 is 4.74 Å². The monoisotopic (exact) mass is 260 g/mol. The summed E-state index contributed by atoms with van der Waals surface area (Å²) in [5.41, 5.74) is 2.17. The Morgan fingerprint density at radius 3 is 2.63 bits per heavy atom. The fourth-order valence-electron chi connectivity index (χ4n) is 2.04. The summed E-state index contributed by atoms with van der Waals surface area (Å²) < 4.78 is 18.6. The first-order chi connectivity index (χ1) is 9.20. The first kappa shape index (κ1) is 13.6. The van der Waals surface area contributed by atoms with E-state index in [-0.39, 0.29) is 18.3 Å². The molecule has 0 aliphatic rings. The van der Waals surface area contributed by atoms with Crippen LogP contribution in [-0.4, -0.2) is 18.3 Å². The number of aryl methyl sites for hydroxylation is 1. The number of benzene rings is 2. The van der Waals surface area contributed by atoms with Gasteiger partial charge in [-0.15, -0.1) is 0 Å². The number of hydrogen-bond acceptors (Lipinski definition) is 2. The van der Waals surface area contributed by atoms with Gasteiger partial charge in [-0.25, -0.2) is 4.39 Å². The quantitative estimate of drug-likeness (QED) is 0.894. The molecule has 2 nitrogen and oxygen atoms in total. The van der Waals surface area contributed by atoms with Gasteiger partial charge in [-0.2, -0.15) is 0 Å². The van der Waals surface area contributed by atoms with Crippen molar-refractivity contribution in [3.63, 3.8) is 0 Å². The number of hydrogen-bond donors (Lipinski definition) is 1. The standard InChI is InChI=1S/C16H17FO2/c1-12-5-2-3-8-16(12)13(10-18)11-19-15-7-4-6-14(17)9-15/h2-9,13,18H,10-11H2,1H3. The average molecular weight is 260 g/mol. The van der Waals surface area contributed by atoms with Gasteiger partial charge in [0.2, 0.25) is 0 Å². The van der Waals surface area contributed by atoms with Crippen molar-refractivity contribution in [2.24, 2.45) is 0 Å². The third-order valence-electron chi connectivity index (χ3n) is 3.10. The van der Waals surface area contributed by atoms with E-state index in [9.17, 15) is 9.50 Å². The molecule has 2 aromatic carbocycles. The highest BCUT2D eigenvalue weighted by Gasteiger charge is 2.13. The topological polar surface area (TPSA) is 29.5 Å². The van der Waals surface area contributed by atoms with Gasteiger partial charge in [-0.3, -0.25) is 0 Å². The van der Waals surface area contributed by atoms with Crippen LogP contribution in [0.2, 0.25) is 0 Å². The lowest BCUT2D eigenvalue weighted by Gasteiger charge is -2.17. The first-order valence-corrected chi connectivity index (χ1v) is 6.25. The van der Waals surface area contributed by atoms with E-state index in [1.54, 1.807) is 12.1 Å². The Labute approximate surface area is 112 Å². The smallest absolute Gasteiger partial charge is 0.126 e. The predicted octanol–water partition coefficient (Wildman–Crippen LogP) is 3.29. The SMILES string of the molecule is Cc1ccccc1C(CO)COc1cccc(F)c1. The highest BCUT2D eigenvalue weighted by Crippen LogP contribution is 2.21. The van der Waals surface area contributed by atoms with Crippen molar-refractivity contribution in [3.8, 4) is 5.75 Å². The van der Waals surface area contributed by atoms with Gasteiger partial charge in [-0.1, -0.05) is 30.3 Å². The Morgan fingerprint density at radius 1 is 1.16 bits per heavy atom. The van der Waals surface area contributed by atoms with Crippen molar-refractivity contribution in [1.29, 1.82) is 0 Å². The molecule has 0 aliphatic heterocycles. The summed E-state index contributed by atoms with van der Waals surface area (Å²) in [6, 6.07) is 13.9. The van der Waals surface area contributed by atoms with Gasteiger partial charge in [0.25, 0.3) is 0 Å². The van der Waals surface area contributed by atoms with Crippen molar-refractivity contribution in [2.45, 2.75) is 12.8 Å². The number of halogens is 1.